The van der Waals surface area contributed by atoms with Crippen LogP contribution < -0.4 is 9.47 Å². The second-order valence-electron chi connectivity index (χ2n) is 9.43. The van der Waals surface area contributed by atoms with Gasteiger partial charge < -0.3 is 14.6 Å². The summed E-state index contributed by atoms with van der Waals surface area (Å²) in [7, 11) is 0. The van der Waals surface area contributed by atoms with E-state index in [2.05, 4.69) is 9.64 Å². The fourth-order valence-electron chi connectivity index (χ4n) is 4.82. The van der Waals surface area contributed by atoms with Gasteiger partial charge in [0.15, 0.2) is 0 Å². The number of carboxylic acids is 1. The van der Waals surface area contributed by atoms with Gasteiger partial charge in [-0.1, -0.05) is 19.1 Å². The molecule has 0 radical (unpaired) electrons. The van der Waals surface area contributed by atoms with Crippen molar-refractivity contribution >= 4 is 5.97 Å². The van der Waals surface area contributed by atoms with Gasteiger partial charge in [-0.25, -0.2) is 0 Å². The minimum Gasteiger partial charge on any atom is -0.487 e. The first-order chi connectivity index (χ1) is 16.6. The first kappa shape index (κ1) is 24.9. The number of ether oxygens (including phenoxy) is 2. The number of nitrogens with zero attached hydrogens (tertiary/aromatic N) is 2. The molecular weight excluding hydrogens is 461 g/mol. The molecule has 186 valence electrons. The maximum atomic E-state index is 12.8. The zero-order chi connectivity index (χ0) is 25.2. The first-order valence-electron chi connectivity index (χ1n) is 11.6. The zero-order valence-electron chi connectivity index (χ0n) is 19.4. The highest BCUT2D eigenvalue weighted by molar-refractivity contribution is 5.70. The van der Waals surface area contributed by atoms with E-state index in [1.807, 2.05) is 24.3 Å². The Bertz CT molecular complexity index is 1130. The average molecular weight is 489 g/mol. The van der Waals surface area contributed by atoms with E-state index >= 15 is 0 Å². The quantitative estimate of drug-likeness (QED) is 0.611. The highest BCUT2D eigenvalue weighted by Crippen LogP contribution is 2.40. The lowest BCUT2D eigenvalue weighted by Crippen LogP contribution is -2.49. The smallest absolute Gasteiger partial charge is 0.487 e. The number of fused-ring (bicyclic) bond motifs is 1. The number of aryl methyl sites for hydroxylation is 1. The Balaban J connectivity index is 1.43. The van der Waals surface area contributed by atoms with E-state index in [-0.39, 0.29) is 23.5 Å². The molecule has 4 rings (SSSR count). The Kier molecular flexibility index (Phi) is 6.95. The summed E-state index contributed by atoms with van der Waals surface area (Å²) in [4.78, 5) is 13.3. The van der Waals surface area contributed by atoms with Gasteiger partial charge in [0, 0.05) is 25.2 Å². The van der Waals surface area contributed by atoms with Gasteiger partial charge in [-0.15, -0.1) is 13.2 Å². The summed E-state index contributed by atoms with van der Waals surface area (Å²) in [6.45, 7) is 3.18. The van der Waals surface area contributed by atoms with Crippen molar-refractivity contribution in [1.82, 2.24) is 4.90 Å². The monoisotopic (exact) mass is 488 g/mol. The molecule has 9 heteroatoms. The molecule has 2 aromatic rings. The predicted molar refractivity (Wildman–Crippen MR) is 121 cm³/mol. The molecule has 1 spiro atoms. The van der Waals surface area contributed by atoms with Crippen LogP contribution in [0, 0.1) is 17.2 Å². The molecule has 1 N–H and O–H groups in total. The molecule has 0 bridgehead atoms. The van der Waals surface area contributed by atoms with Gasteiger partial charge in [-0.2, -0.15) is 5.26 Å². The molecule has 0 aromatic heterocycles. The van der Waals surface area contributed by atoms with E-state index in [0.29, 0.717) is 25.1 Å². The largest absolute Gasteiger partial charge is 0.573 e. The van der Waals surface area contributed by atoms with Crippen LogP contribution in [0.2, 0.25) is 0 Å². The van der Waals surface area contributed by atoms with Crippen LogP contribution in [-0.4, -0.2) is 41.0 Å². The molecule has 1 unspecified atom stereocenters. The van der Waals surface area contributed by atoms with E-state index in [0.717, 1.165) is 42.6 Å². The summed E-state index contributed by atoms with van der Waals surface area (Å²) in [5.74, 6) is -0.818. The Morgan fingerprint density at radius 2 is 1.97 bits per heavy atom. The Morgan fingerprint density at radius 3 is 2.63 bits per heavy atom. The fraction of sp³-hybridized carbons (Fsp3) is 0.462. The molecule has 2 aliphatic heterocycles. The van der Waals surface area contributed by atoms with Crippen molar-refractivity contribution < 1.29 is 32.5 Å². The molecule has 1 saturated heterocycles. The third-order valence-electron chi connectivity index (χ3n) is 6.85. The van der Waals surface area contributed by atoms with Crippen molar-refractivity contribution in [3.8, 4) is 17.6 Å². The van der Waals surface area contributed by atoms with Crippen molar-refractivity contribution in [1.29, 1.82) is 5.26 Å². The highest BCUT2D eigenvalue weighted by atomic mass is 19.4. The molecule has 2 aliphatic rings. The summed E-state index contributed by atoms with van der Waals surface area (Å²) in [5.41, 5.74) is 2.28. The molecule has 6 nitrogen and oxygen atoms in total. The average Bonchev–Trinajstić information content (AvgIpc) is 2.80. The Hall–Kier alpha value is -3.25. The second-order valence-corrected chi connectivity index (χ2v) is 9.43. The SMILES string of the molecule is CC(Cc1ccc2c(c1)OC1(CC2)CCN(Cc2cc(C#N)ccc2OC(F)(F)F)CC1)C(=O)O. The standard InChI is InChI=1S/C26H27F3N2O4/c1-17(24(32)33)12-18-2-4-20-6-7-25(34-23(20)14-18)8-10-31(11-9-25)16-21-13-19(15-30)3-5-22(21)35-26(27,28)29/h2-5,13-14,17H,6-12,16H2,1H3,(H,32,33). The Morgan fingerprint density at radius 1 is 1.23 bits per heavy atom. The molecule has 1 fully saturated rings. The van der Waals surface area contributed by atoms with Crippen LogP contribution in [0.4, 0.5) is 13.2 Å². The molecule has 0 amide bonds. The second kappa shape index (κ2) is 9.78. The summed E-state index contributed by atoms with van der Waals surface area (Å²) in [5, 5.41) is 18.4. The maximum absolute atomic E-state index is 12.8. The maximum Gasteiger partial charge on any atom is 0.573 e. The molecule has 0 aliphatic carbocycles. The highest BCUT2D eigenvalue weighted by Gasteiger charge is 2.40. The minimum atomic E-state index is -4.81. The molecule has 2 heterocycles. The van der Waals surface area contributed by atoms with Crippen LogP contribution in [0.25, 0.3) is 0 Å². The van der Waals surface area contributed by atoms with Gasteiger partial charge >= 0.3 is 12.3 Å². The normalized spacial score (nSPS) is 18.3. The summed E-state index contributed by atoms with van der Waals surface area (Å²) in [6.07, 6.45) is -1.23. The van der Waals surface area contributed by atoms with E-state index < -0.39 is 18.2 Å². The number of piperidine rings is 1. The Labute approximate surface area is 201 Å². The molecule has 2 aromatic carbocycles. The number of likely N-dealkylation sites (tertiary alicyclic amines) is 1. The number of alkyl halides is 3. The van der Waals surface area contributed by atoms with Crippen molar-refractivity contribution in [3.05, 3.63) is 58.7 Å². The lowest BCUT2D eigenvalue weighted by Gasteiger charge is -2.44. The number of benzene rings is 2. The molecular formula is C26H27F3N2O4. The van der Waals surface area contributed by atoms with Crippen LogP contribution in [0.5, 0.6) is 11.5 Å². The van der Waals surface area contributed by atoms with Crippen molar-refractivity contribution in [3.63, 3.8) is 0 Å². The van der Waals surface area contributed by atoms with Gasteiger partial charge in [-0.05, 0) is 67.5 Å². The number of carbonyl (C=O) groups is 1. The number of halogens is 3. The number of carboxylic acid groups (broad SMARTS) is 1. The molecule has 0 saturated carbocycles. The van der Waals surface area contributed by atoms with Crippen molar-refractivity contribution in [2.24, 2.45) is 5.92 Å². The number of hydrogen-bond acceptors (Lipinski definition) is 5. The van der Waals surface area contributed by atoms with Gasteiger partial charge in [0.1, 0.15) is 17.1 Å². The van der Waals surface area contributed by atoms with Gasteiger partial charge in [-0.3, -0.25) is 9.69 Å². The van der Waals surface area contributed by atoms with E-state index in [4.69, 9.17) is 10.00 Å². The first-order valence-corrected chi connectivity index (χ1v) is 11.6. The van der Waals surface area contributed by atoms with Gasteiger partial charge in [0.2, 0.25) is 0 Å². The van der Waals surface area contributed by atoms with Crippen LogP contribution >= 0.6 is 0 Å². The zero-order valence-corrected chi connectivity index (χ0v) is 19.4. The number of aliphatic carboxylic acids is 1. The van der Waals surface area contributed by atoms with E-state index in [1.165, 1.54) is 18.2 Å². The number of nitriles is 1. The molecule has 1 atom stereocenters. The van der Waals surface area contributed by atoms with Gasteiger partial charge in [0.05, 0.1) is 17.6 Å². The lowest BCUT2D eigenvalue weighted by atomic mass is 9.82. The topological polar surface area (TPSA) is 82.8 Å². The van der Waals surface area contributed by atoms with E-state index in [9.17, 15) is 23.1 Å². The van der Waals surface area contributed by atoms with Crippen LogP contribution in [-0.2, 0) is 24.2 Å². The van der Waals surface area contributed by atoms with Crippen LogP contribution in [0.15, 0.2) is 36.4 Å². The molecule has 35 heavy (non-hydrogen) atoms. The number of hydrogen-bond donors (Lipinski definition) is 1. The summed E-state index contributed by atoms with van der Waals surface area (Å²) in [6, 6.07) is 11.8. The summed E-state index contributed by atoms with van der Waals surface area (Å²) < 4.78 is 49.2. The van der Waals surface area contributed by atoms with Gasteiger partial charge in [0.25, 0.3) is 0 Å². The minimum absolute atomic E-state index is 0.241. The van der Waals surface area contributed by atoms with Crippen LogP contribution in [0.1, 0.15) is 48.4 Å². The summed E-state index contributed by atoms with van der Waals surface area (Å²) >= 11 is 0. The van der Waals surface area contributed by atoms with Crippen molar-refractivity contribution in [2.75, 3.05) is 13.1 Å². The fourth-order valence-corrected chi connectivity index (χ4v) is 4.82. The number of rotatable bonds is 6. The third-order valence-corrected chi connectivity index (χ3v) is 6.85. The predicted octanol–water partition coefficient (Wildman–Crippen LogP) is 5.08. The van der Waals surface area contributed by atoms with Crippen LogP contribution in [0.3, 0.4) is 0 Å². The van der Waals surface area contributed by atoms with E-state index in [1.54, 1.807) is 6.92 Å². The van der Waals surface area contributed by atoms with Crippen molar-refractivity contribution in [2.45, 2.75) is 57.5 Å². The lowest BCUT2D eigenvalue weighted by molar-refractivity contribution is -0.275. The third kappa shape index (κ3) is 6.06.